The van der Waals surface area contributed by atoms with Crippen LogP contribution in [0.3, 0.4) is 0 Å². The first-order chi connectivity index (χ1) is 10.2. The molecule has 3 heteroatoms. The van der Waals surface area contributed by atoms with E-state index in [1.165, 1.54) is 23.2 Å². The Balaban J connectivity index is 2.06. The Hall–Kier alpha value is -1.32. The molecule has 0 radical (unpaired) electrons. The molecule has 2 atom stereocenters. The lowest BCUT2D eigenvalue weighted by Crippen LogP contribution is -2.42. The van der Waals surface area contributed by atoms with Crippen molar-refractivity contribution in [2.24, 2.45) is 5.73 Å². The molecule has 2 aromatic carbocycles. The van der Waals surface area contributed by atoms with Gasteiger partial charge in [0, 0.05) is 22.7 Å². The maximum atomic E-state index is 6.36. The number of fused-ring (bicyclic) bond motifs is 1. The monoisotopic (exact) mass is 344 g/mol. The second kappa shape index (κ2) is 6.20. The standard InChI is InChI=1S/C18H21BrN2/c1-13(20)18(15-9-3-4-10-16(15)19)21-12-6-8-14-7-2-5-11-17(14)21/h2-5,7,9-11,13,18H,6,8,12,20H2,1H3. The van der Waals surface area contributed by atoms with Crippen molar-refractivity contribution in [1.82, 2.24) is 0 Å². The summed E-state index contributed by atoms with van der Waals surface area (Å²) in [5, 5.41) is 0. The number of nitrogens with zero attached hydrogens (tertiary/aromatic N) is 1. The molecule has 0 fully saturated rings. The molecule has 0 aromatic heterocycles. The maximum absolute atomic E-state index is 6.36. The zero-order chi connectivity index (χ0) is 14.8. The molecule has 2 nitrogen and oxygen atoms in total. The van der Waals surface area contributed by atoms with E-state index in [2.05, 4.69) is 76.3 Å². The van der Waals surface area contributed by atoms with Crippen LogP contribution in [0.4, 0.5) is 5.69 Å². The molecule has 2 aromatic rings. The molecule has 3 rings (SSSR count). The van der Waals surface area contributed by atoms with Gasteiger partial charge >= 0.3 is 0 Å². The van der Waals surface area contributed by atoms with Crippen molar-refractivity contribution in [2.45, 2.75) is 31.8 Å². The molecule has 0 aliphatic carbocycles. The van der Waals surface area contributed by atoms with E-state index in [-0.39, 0.29) is 12.1 Å². The van der Waals surface area contributed by atoms with Crippen LogP contribution in [-0.2, 0) is 6.42 Å². The lowest BCUT2D eigenvalue weighted by molar-refractivity contribution is 0.509. The van der Waals surface area contributed by atoms with E-state index in [0.717, 1.165) is 17.4 Å². The summed E-state index contributed by atoms with van der Waals surface area (Å²) in [6.45, 7) is 3.16. The van der Waals surface area contributed by atoms with E-state index in [1.807, 2.05) is 0 Å². The van der Waals surface area contributed by atoms with Crippen molar-refractivity contribution in [1.29, 1.82) is 0 Å². The largest absolute Gasteiger partial charge is 0.363 e. The molecule has 110 valence electrons. The van der Waals surface area contributed by atoms with Gasteiger partial charge in [0.1, 0.15) is 0 Å². The van der Waals surface area contributed by atoms with Crippen LogP contribution in [0.1, 0.15) is 30.5 Å². The predicted molar refractivity (Wildman–Crippen MR) is 92.6 cm³/mol. The van der Waals surface area contributed by atoms with Crippen LogP contribution in [0, 0.1) is 0 Å². The summed E-state index contributed by atoms with van der Waals surface area (Å²) < 4.78 is 1.13. The molecule has 1 aliphatic rings. The van der Waals surface area contributed by atoms with Gasteiger partial charge in [-0.1, -0.05) is 52.3 Å². The molecule has 21 heavy (non-hydrogen) atoms. The molecule has 1 heterocycles. The van der Waals surface area contributed by atoms with E-state index in [1.54, 1.807) is 0 Å². The summed E-state index contributed by atoms with van der Waals surface area (Å²) in [5.41, 5.74) is 10.4. The normalized spacial score (nSPS) is 17.2. The number of aryl methyl sites for hydroxylation is 1. The van der Waals surface area contributed by atoms with Crippen LogP contribution in [0.5, 0.6) is 0 Å². The second-order valence-corrected chi connectivity index (χ2v) is 6.61. The van der Waals surface area contributed by atoms with Crippen LogP contribution >= 0.6 is 15.9 Å². The first-order valence-electron chi connectivity index (χ1n) is 7.53. The number of nitrogens with two attached hydrogens (primary N) is 1. The Morgan fingerprint density at radius 1 is 1.10 bits per heavy atom. The van der Waals surface area contributed by atoms with Crippen molar-refractivity contribution in [3.05, 3.63) is 64.1 Å². The molecule has 0 saturated heterocycles. The fraction of sp³-hybridized carbons (Fsp3) is 0.333. The minimum Gasteiger partial charge on any atom is -0.363 e. The fourth-order valence-corrected chi connectivity index (χ4v) is 3.82. The Morgan fingerprint density at radius 2 is 1.81 bits per heavy atom. The Bertz CT molecular complexity index is 624. The molecular formula is C18H21BrN2. The lowest BCUT2D eigenvalue weighted by Gasteiger charge is -2.40. The fourth-order valence-electron chi connectivity index (χ4n) is 3.30. The Morgan fingerprint density at radius 3 is 2.57 bits per heavy atom. The maximum Gasteiger partial charge on any atom is 0.0701 e. The molecule has 0 saturated carbocycles. The number of anilines is 1. The third kappa shape index (κ3) is 2.85. The summed E-state index contributed by atoms with van der Waals surface area (Å²) in [6.07, 6.45) is 2.35. The summed E-state index contributed by atoms with van der Waals surface area (Å²) >= 11 is 3.69. The highest BCUT2D eigenvalue weighted by molar-refractivity contribution is 9.10. The van der Waals surface area contributed by atoms with Gasteiger partial charge in [-0.05, 0) is 43.0 Å². The van der Waals surface area contributed by atoms with Crippen molar-refractivity contribution in [2.75, 3.05) is 11.4 Å². The third-order valence-corrected chi connectivity index (χ3v) is 4.93. The van der Waals surface area contributed by atoms with Gasteiger partial charge in [0.2, 0.25) is 0 Å². The van der Waals surface area contributed by atoms with E-state index in [9.17, 15) is 0 Å². The number of hydrogen-bond acceptors (Lipinski definition) is 2. The van der Waals surface area contributed by atoms with Gasteiger partial charge in [-0.2, -0.15) is 0 Å². The minimum atomic E-state index is 0.0647. The van der Waals surface area contributed by atoms with Crippen molar-refractivity contribution < 1.29 is 0 Å². The van der Waals surface area contributed by atoms with E-state index >= 15 is 0 Å². The van der Waals surface area contributed by atoms with Gasteiger partial charge in [-0.15, -0.1) is 0 Å². The van der Waals surface area contributed by atoms with Crippen LogP contribution < -0.4 is 10.6 Å². The number of halogens is 1. The van der Waals surface area contributed by atoms with Crippen LogP contribution in [0.15, 0.2) is 53.0 Å². The molecule has 1 aliphatic heterocycles. The summed E-state index contributed by atoms with van der Waals surface area (Å²) in [4.78, 5) is 2.48. The number of rotatable bonds is 3. The van der Waals surface area contributed by atoms with Gasteiger partial charge in [0.25, 0.3) is 0 Å². The van der Waals surface area contributed by atoms with Gasteiger partial charge < -0.3 is 10.6 Å². The lowest BCUT2D eigenvalue weighted by atomic mass is 9.94. The van der Waals surface area contributed by atoms with Gasteiger partial charge in [-0.3, -0.25) is 0 Å². The first kappa shape index (κ1) is 14.6. The van der Waals surface area contributed by atoms with Gasteiger partial charge in [-0.25, -0.2) is 0 Å². The molecule has 0 amide bonds. The molecule has 2 unspecified atom stereocenters. The number of hydrogen-bond donors (Lipinski definition) is 1. The van der Waals surface area contributed by atoms with E-state index < -0.39 is 0 Å². The Kier molecular flexibility index (Phi) is 4.32. The van der Waals surface area contributed by atoms with Crippen LogP contribution in [0.25, 0.3) is 0 Å². The van der Waals surface area contributed by atoms with Crippen LogP contribution in [-0.4, -0.2) is 12.6 Å². The van der Waals surface area contributed by atoms with Crippen LogP contribution in [0.2, 0.25) is 0 Å². The highest BCUT2D eigenvalue weighted by Crippen LogP contribution is 2.37. The zero-order valence-corrected chi connectivity index (χ0v) is 13.9. The van der Waals surface area contributed by atoms with Gasteiger partial charge in [0.05, 0.1) is 6.04 Å². The van der Waals surface area contributed by atoms with E-state index in [4.69, 9.17) is 5.73 Å². The first-order valence-corrected chi connectivity index (χ1v) is 8.32. The molecular weight excluding hydrogens is 324 g/mol. The topological polar surface area (TPSA) is 29.3 Å². The third-order valence-electron chi connectivity index (χ3n) is 4.20. The second-order valence-electron chi connectivity index (χ2n) is 5.75. The predicted octanol–water partition coefficient (Wildman–Crippen LogP) is 4.29. The summed E-state index contributed by atoms with van der Waals surface area (Å²) in [7, 11) is 0. The average Bonchev–Trinajstić information content (AvgIpc) is 2.49. The van der Waals surface area contributed by atoms with Gasteiger partial charge in [0.15, 0.2) is 0 Å². The number of benzene rings is 2. The number of para-hydroxylation sites is 1. The minimum absolute atomic E-state index is 0.0647. The summed E-state index contributed by atoms with van der Waals surface area (Å²) in [5.74, 6) is 0. The van der Waals surface area contributed by atoms with Crippen molar-refractivity contribution in [3.63, 3.8) is 0 Å². The van der Waals surface area contributed by atoms with Crippen molar-refractivity contribution in [3.8, 4) is 0 Å². The average molecular weight is 345 g/mol. The SMILES string of the molecule is CC(N)C(c1ccccc1Br)N1CCCc2ccccc21. The highest BCUT2D eigenvalue weighted by atomic mass is 79.9. The highest BCUT2D eigenvalue weighted by Gasteiger charge is 2.29. The summed E-state index contributed by atoms with van der Waals surface area (Å²) in [6, 6.07) is 17.4. The Labute approximate surface area is 135 Å². The molecule has 0 bridgehead atoms. The smallest absolute Gasteiger partial charge is 0.0701 e. The van der Waals surface area contributed by atoms with Crippen molar-refractivity contribution >= 4 is 21.6 Å². The molecule has 0 spiro atoms. The quantitative estimate of drug-likeness (QED) is 0.899. The van der Waals surface area contributed by atoms with E-state index in [0.29, 0.717) is 0 Å². The zero-order valence-electron chi connectivity index (χ0n) is 12.3. The molecule has 2 N–H and O–H groups in total.